The predicted octanol–water partition coefficient (Wildman–Crippen LogP) is 1.71. The van der Waals surface area contributed by atoms with Crippen LogP contribution in [0.25, 0.3) is 0 Å². The van der Waals surface area contributed by atoms with Gasteiger partial charge in [0.15, 0.2) is 0 Å². The number of nitrogens with one attached hydrogen (secondary N) is 1. The van der Waals surface area contributed by atoms with E-state index in [0.29, 0.717) is 25.2 Å². The van der Waals surface area contributed by atoms with Gasteiger partial charge in [0.1, 0.15) is 0 Å². The topological polar surface area (TPSA) is 82.6 Å². The van der Waals surface area contributed by atoms with Gasteiger partial charge >= 0.3 is 0 Å². The van der Waals surface area contributed by atoms with E-state index >= 15 is 0 Å². The molecule has 1 saturated heterocycles. The van der Waals surface area contributed by atoms with Gasteiger partial charge in [-0.05, 0) is 31.2 Å². The molecule has 1 aromatic heterocycles. The number of nitrogens with zero attached hydrogens (tertiary/aromatic N) is 3. The standard InChI is InChI=1S/C18H24N4O3S2/c1-3-19-27(24,25)17-6-4-15(5-7-17)18(23)22-10-8-21(9-11-22)12-16-13-26-14(2)20-16/h4-7,13,19H,3,8-12H2,1-2H3. The summed E-state index contributed by atoms with van der Waals surface area (Å²) in [6.45, 7) is 7.77. The third-order valence-corrected chi connectivity index (χ3v) is 6.84. The van der Waals surface area contributed by atoms with E-state index in [9.17, 15) is 13.2 Å². The Bertz CT molecular complexity index is 886. The molecule has 0 saturated carbocycles. The Morgan fingerprint density at radius 2 is 1.85 bits per heavy atom. The van der Waals surface area contributed by atoms with Gasteiger partial charge in [-0.1, -0.05) is 6.92 Å². The van der Waals surface area contributed by atoms with Crippen LogP contribution in [0.4, 0.5) is 0 Å². The van der Waals surface area contributed by atoms with Crippen LogP contribution in [0.2, 0.25) is 0 Å². The maximum atomic E-state index is 12.7. The quantitative estimate of drug-likeness (QED) is 0.787. The molecule has 27 heavy (non-hydrogen) atoms. The summed E-state index contributed by atoms with van der Waals surface area (Å²) in [5.41, 5.74) is 1.59. The number of amides is 1. The highest BCUT2D eigenvalue weighted by Gasteiger charge is 2.23. The third kappa shape index (κ3) is 4.92. The van der Waals surface area contributed by atoms with Gasteiger partial charge < -0.3 is 4.90 Å². The molecule has 1 aliphatic heterocycles. The molecule has 0 radical (unpaired) electrons. The molecule has 0 aliphatic carbocycles. The Balaban J connectivity index is 1.57. The normalized spacial score (nSPS) is 15.9. The number of aromatic nitrogens is 1. The van der Waals surface area contributed by atoms with Crippen LogP contribution in [0.3, 0.4) is 0 Å². The molecular formula is C18H24N4O3S2. The van der Waals surface area contributed by atoms with Gasteiger partial charge in [-0.3, -0.25) is 9.69 Å². The third-order valence-electron chi connectivity index (χ3n) is 4.46. The Kier molecular flexibility index (Phi) is 6.25. The molecule has 1 aromatic carbocycles. The second-order valence-corrected chi connectivity index (χ2v) is 9.28. The van der Waals surface area contributed by atoms with Gasteiger partial charge in [-0.2, -0.15) is 0 Å². The van der Waals surface area contributed by atoms with Crippen molar-refractivity contribution in [2.24, 2.45) is 0 Å². The first kappa shape index (κ1) is 19.9. The second kappa shape index (κ2) is 8.47. The maximum Gasteiger partial charge on any atom is 0.253 e. The van der Waals surface area contributed by atoms with E-state index in [4.69, 9.17) is 0 Å². The van der Waals surface area contributed by atoms with E-state index in [-0.39, 0.29) is 10.8 Å². The van der Waals surface area contributed by atoms with Gasteiger partial charge in [0.05, 0.1) is 15.6 Å². The molecule has 2 heterocycles. The van der Waals surface area contributed by atoms with Crippen LogP contribution in [0.5, 0.6) is 0 Å². The minimum absolute atomic E-state index is 0.0634. The highest BCUT2D eigenvalue weighted by molar-refractivity contribution is 7.89. The van der Waals surface area contributed by atoms with Crippen molar-refractivity contribution in [2.45, 2.75) is 25.3 Å². The van der Waals surface area contributed by atoms with Crippen molar-refractivity contribution in [2.75, 3.05) is 32.7 Å². The van der Waals surface area contributed by atoms with Crippen LogP contribution in [0.1, 0.15) is 28.0 Å². The van der Waals surface area contributed by atoms with Crippen molar-refractivity contribution in [1.29, 1.82) is 0 Å². The lowest BCUT2D eigenvalue weighted by atomic mass is 10.2. The molecule has 1 aliphatic rings. The monoisotopic (exact) mass is 408 g/mol. The van der Waals surface area contributed by atoms with Crippen LogP contribution >= 0.6 is 11.3 Å². The van der Waals surface area contributed by atoms with Crippen LogP contribution in [-0.2, 0) is 16.6 Å². The first-order valence-corrected chi connectivity index (χ1v) is 11.3. The van der Waals surface area contributed by atoms with E-state index in [1.54, 1.807) is 30.4 Å². The number of aryl methyl sites for hydroxylation is 1. The van der Waals surface area contributed by atoms with E-state index < -0.39 is 10.0 Å². The number of benzene rings is 1. The fourth-order valence-electron chi connectivity index (χ4n) is 3.05. The van der Waals surface area contributed by atoms with Crippen molar-refractivity contribution < 1.29 is 13.2 Å². The SMILES string of the molecule is CCNS(=O)(=O)c1ccc(C(=O)N2CCN(Cc3csc(C)n3)CC2)cc1. The minimum atomic E-state index is -3.50. The number of carbonyl (C=O) groups is 1. The largest absolute Gasteiger partial charge is 0.336 e. The summed E-state index contributed by atoms with van der Waals surface area (Å²) in [5.74, 6) is -0.0634. The fourth-order valence-corrected chi connectivity index (χ4v) is 4.70. The molecule has 146 valence electrons. The van der Waals surface area contributed by atoms with Gasteiger partial charge in [0.25, 0.3) is 5.91 Å². The zero-order chi connectivity index (χ0) is 19.4. The van der Waals surface area contributed by atoms with Crippen molar-refractivity contribution in [3.05, 3.63) is 45.9 Å². The molecule has 0 spiro atoms. The molecule has 0 bridgehead atoms. The lowest BCUT2D eigenvalue weighted by molar-refractivity contribution is 0.0627. The average Bonchev–Trinajstić information content (AvgIpc) is 3.06. The number of sulfonamides is 1. The van der Waals surface area contributed by atoms with E-state index in [1.807, 2.05) is 11.8 Å². The first-order valence-electron chi connectivity index (χ1n) is 8.91. The summed E-state index contributed by atoms with van der Waals surface area (Å²) in [4.78, 5) is 21.5. The fraction of sp³-hybridized carbons (Fsp3) is 0.444. The lowest BCUT2D eigenvalue weighted by Crippen LogP contribution is -2.48. The van der Waals surface area contributed by atoms with E-state index in [2.05, 4.69) is 20.0 Å². The molecule has 1 N–H and O–H groups in total. The van der Waals surface area contributed by atoms with Crippen LogP contribution in [-0.4, -0.2) is 61.8 Å². The Morgan fingerprint density at radius 3 is 2.41 bits per heavy atom. The zero-order valence-electron chi connectivity index (χ0n) is 15.5. The van der Waals surface area contributed by atoms with Gasteiger partial charge in [-0.25, -0.2) is 18.1 Å². The summed E-state index contributed by atoms with van der Waals surface area (Å²) < 4.78 is 26.4. The molecule has 1 fully saturated rings. The highest BCUT2D eigenvalue weighted by Crippen LogP contribution is 2.15. The molecule has 1 amide bonds. The van der Waals surface area contributed by atoms with Crippen molar-refractivity contribution in [3.63, 3.8) is 0 Å². The number of hydrogen-bond acceptors (Lipinski definition) is 6. The summed E-state index contributed by atoms with van der Waals surface area (Å²) in [6, 6.07) is 6.12. The van der Waals surface area contributed by atoms with Gasteiger partial charge in [0, 0.05) is 50.2 Å². The molecule has 7 nitrogen and oxygen atoms in total. The molecule has 2 aromatic rings. The molecule has 0 atom stereocenters. The Morgan fingerprint density at radius 1 is 1.19 bits per heavy atom. The lowest BCUT2D eigenvalue weighted by Gasteiger charge is -2.34. The summed E-state index contributed by atoms with van der Waals surface area (Å²) in [5, 5.41) is 3.15. The van der Waals surface area contributed by atoms with Crippen molar-refractivity contribution >= 4 is 27.3 Å². The summed E-state index contributed by atoms with van der Waals surface area (Å²) >= 11 is 1.65. The van der Waals surface area contributed by atoms with Crippen molar-refractivity contribution in [3.8, 4) is 0 Å². The number of thiazole rings is 1. The second-order valence-electron chi connectivity index (χ2n) is 6.45. The van der Waals surface area contributed by atoms with Gasteiger partial charge in [-0.15, -0.1) is 11.3 Å². The zero-order valence-corrected chi connectivity index (χ0v) is 17.1. The number of hydrogen-bond donors (Lipinski definition) is 1. The number of piperazine rings is 1. The smallest absolute Gasteiger partial charge is 0.253 e. The van der Waals surface area contributed by atoms with Gasteiger partial charge in [0.2, 0.25) is 10.0 Å². The number of rotatable bonds is 6. The molecule has 9 heteroatoms. The van der Waals surface area contributed by atoms with Crippen LogP contribution < -0.4 is 4.72 Å². The highest BCUT2D eigenvalue weighted by atomic mass is 32.2. The first-order chi connectivity index (χ1) is 12.9. The maximum absolute atomic E-state index is 12.7. The van der Waals surface area contributed by atoms with Crippen LogP contribution in [0.15, 0.2) is 34.5 Å². The van der Waals surface area contributed by atoms with Crippen LogP contribution in [0, 0.1) is 6.92 Å². The summed E-state index contributed by atoms with van der Waals surface area (Å²) in [7, 11) is -3.50. The number of carbonyl (C=O) groups excluding carboxylic acids is 1. The van der Waals surface area contributed by atoms with E-state index in [0.717, 1.165) is 30.3 Å². The predicted molar refractivity (Wildman–Crippen MR) is 105 cm³/mol. The average molecular weight is 409 g/mol. The Hall–Kier alpha value is -1.81. The van der Waals surface area contributed by atoms with Crippen molar-refractivity contribution in [1.82, 2.24) is 19.5 Å². The molecular weight excluding hydrogens is 384 g/mol. The minimum Gasteiger partial charge on any atom is -0.336 e. The van der Waals surface area contributed by atoms with E-state index in [1.165, 1.54) is 12.1 Å². The summed E-state index contributed by atoms with van der Waals surface area (Å²) in [6.07, 6.45) is 0. The molecule has 0 unspecified atom stereocenters. The molecule has 3 rings (SSSR count). The Labute approximate surface area is 164 Å².